The maximum atomic E-state index is 9.62. The van der Waals surface area contributed by atoms with Gasteiger partial charge in [0, 0.05) is 0 Å². The number of carboxylic acid groups (broad SMARTS) is 2. The third kappa shape index (κ3) is 10.8. The summed E-state index contributed by atoms with van der Waals surface area (Å²) >= 11 is 28.6. The molecule has 0 aliphatic heterocycles. The summed E-state index contributed by atoms with van der Waals surface area (Å²) in [4.78, 5) is 19.1. The van der Waals surface area contributed by atoms with Crippen LogP contribution in [0, 0.1) is 0 Å². The van der Waals surface area contributed by atoms with Crippen LogP contribution in [-0.4, -0.2) is 24.6 Å². The molecular formula is C4HCl6O4-. The average molecular weight is 326 g/mol. The van der Waals surface area contributed by atoms with Gasteiger partial charge in [0.05, 0.1) is 5.97 Å². The minimum atomic E-state index is -2.28. The van der Waals surface area contributed by atoms with Crippen LogP contribution < -0.4 is 5.11 Å². The van der Waals surface area contributed by atoms with E-state index in [0.29, 0.717) is 0 Å². The monoisotopic (exact) mass is 323 g/mol. The molecule has 0 spiro atoms. The standard InChI is InChI=1S/2C2HCl3O2/c2*3-2(4,5)1(6)7/h2*(H,6,7)/p-1. The number of hydrogen-bond donors (Lipinski definition) is 1. The van der Waals surface area contributed by atoms with E-state index in [-0.39, 0.29) is 0 Å². The molecule has 0 radical (unpaired) electrons. The molecule has 0 fully saturated rings. The van der Waals surface area contributed by atoms with Gasteiger partial charge in [0.15, 0.2) is 0 Å². The second-order valence-electron chi connectivity index (χ2n) is 1.59. The van der Waals surface area contributed by atoms with Crippen LogP contribution in [0.3, 0.4) is 0 Å². The van der Waals surface area contributed by atoms with Gasteiger partial charge >= 0.3 is 5.97 Å². The summed E-state index contributed by atoms with van der Waals surface area (Å²) in [5, 5.41) is 17.4. The minimum absolute atomic E-state index is 1.46. The van der Waals surface area contributed by atoms with Gasteiger partial charge in [0.25, 0.3) is 3.79 Å². The first kappa shape index (κ1) is 17.1. The average Bonchev–Trinajstić information content (AvgIpc) is 1.83. The summed E-state index contributed by atoms with van der Waals surface area (Å²) in [6.45, 7) is 0. The zero-order valence-electron chi connectivity index (χ0n) is 5.94. The minimum Gasteiger partial charge on any atom is -0.545 e. The molecule has 0 bridgehead atoms. The van der Waals surface area contributed by atoms with Crippen LogP contribution in [0.4, 0.5) is 0 Å². The smallest absolute Gasteiger partial charge is 0.356 e. The number of carboxylic acids is 2. The Hall–Kier alpha value is 0.680. The van der Waals surface area contributed by atoms with Crippen molar-refractivity contribution in [1.29, 1.82) is 0 Å². The first-order chi connectivity index (χ1) is 5.89. The summed E-state index contributed by atoms with van der Waals surface area (Å²) in [5.41, 5.74) is 0. The quantitative estimate of drug-likeness (QED) is 0.685. The highest BCUT2D eigenvalue weighted by Gasteiger charge is 2.29. The number of alkyl halides is 6. The van der Waals surface area contributed by atoms with Gasteiger partial charge in [-0.1, -0.05) is 69.6 Å². The molecular weight excluding hydrogens is 325 g/mol. The van der Waals surface area contributed by atoms with Crippen LogP contribution in [0.15, 0.2) is 0 Å². The van der Waals surface area contributed by atoms with Crippen molar-refractivity contribution in [3.05, 3.63) is 0 Å². The van der Waals surface area contributed by atoms with Gasteiger partial charge in [0.2, 0.25) is 3.79 Å². The molecule has 0 aromatic rings. The molecule has 0 aromatic heterocycles. The van der Waals surface area contributed by atoms with Crippen LogP contribution >= 0.6 is 69.6 Å². The summed E-state index contributed by atoms with van der Waals surface area (Å²) in [7, 11) is 0. The first-order valence-corrected chi connectivity index (χ1v) is 4.74. The Morgan fingerprint density at radius 3 is 1.07 bits per heavy atom. The van der Waals surface area contributed by atoms with Crippen LogP contribution in [0.1, 0.15) is 0 Å². The van der Waals surface area contributed by atoms with Crippen molar-refractivity contribution in [3.8, 4) is 0 Å². The predicted molar refractivity (Wildman–Crippen MR) is 53.2 cm³/mol. The molecule has 0 amide bonds. The van der Waals surface area contributed by atoms with Gasteiger partial charge in [-0.3, -0.25) is 0 Å². The molecule has 0 aliphatic rings. The number of hydrogen-bond acceptors (Lipinski definition) is 3. The molecule has 0 saturated heterocycles. The highest BCUT2D eigenvalue weighted by molar-refractivity contribution is 6.76. The van der Waals surface area contributed by atoms with Gasteiger partial charge in [-0.05, 0) is 0 Å². The van der Waals surface area contributed by atoms with Gasteiger partial charge in [-0.15, -0.1) is 0 Å². The molecule has 4 nitrogen and oxygen atoms in total. The number of rotatable bonds is 0. The topological polar surface area (TPSA) is 77.4 Å². The molecule has 14 heavy (non-hydrogen) atoms. The highest BCUT2D eigenvalue weighted by Crippen LogP contribution is 2.25. The predicted octanol–water partition coefficient (Wildman–Crippen LogP) is 1.55. The van der Waals surface area contributed by atoms with Gasteiger partial charge < -0.3 is 15.0 Å². The Morgan fingerprint density at radius 2 is 1.07 bits per heavy atom. The number of carbonyl (C=O) groups is 2. The molecule has 0 saturated carbocycles. The Labute approximate surface area is 109 Å². The van der Waals surface area contributed by atoms with Crippen LogP contribution in [0.2, 0.25) is 0 Å². The van der Waals surface area contributed by atoms with E-state index in [4.69, 9.17) is 74.7 Å². The lowest BCUT2D eigenvalue weighted by atomic mass is 10.8. The highest BCUT2D eigenvalue weighted by atomic mass is 35.6. The molecule has 0 aliphatic carbocycles. The van der Waals surface area contributed by atoms with Crippen LogP contribution in [-0.2, 0) is 9.59 Å². The summed E-state index contributed by atoms with van der Waals surface area (Å²) in [6.07, 6.45) is 0. The van der Waals surface area contributed by atoms with E-state index in [0.717, 1.165) is 0 Å². The van der Waals surface area contributed by atoms with Crippen LogP contribution in [0.25, 0.3) is 0 Å². The van der Waals surface area contributed by atoms with Crippen molar-refractivity contribution in [3.63, 3.8) is 0 Å². The van der Waals surface area contributed by atoms with E-state index in [9.17, 15) is 14.7 Å². The summed E-state index contributed by atoms with van der Waals surface area (Å²) in [5.74, 6) is -3.17. The summed E-state index contributed by atoms with van der Waals surface area (Å²) < 4.78 is -4.44. The molecule has 0 rings (SSSR count). The molecule has 10 heteroatoms. The molecule has 0 unspecified atom stereocenters. The number of halogens is 6. The SMILES string of the molecule is O=C(O)C(Cl)(Cl)Cl.O=C([O-])C(Cl)(Cl)Cl. The van der Waals surface area contributed by atoms with Gasteiger partial charge in [0.1, 0.15) is 0 Å². The Balaban J connectivity index is 0. The molecule has 1 N–H and O–H groups in total. The van der Waals surface area contributed by atoms with Crippen molar-refractivity contribution >= 4 is 81.5 Å². The zero-order valence-corrected chi connectivity index (χ0v) is 10.5. The number of aliphatic carboxylic acids is 2. The van der Waals surface area contributed by atoms with E-state index in [1.54, 1.807) is 0 Å². The lowest BCUT2D eigenvalue weighted by molar-refractivity contribution is -0.304. The fourth-order valence-corrected chi connectivity index (χ4v) is 0. The fraction of sp³-hybridized carbons (Fsp3) is 0.500. The Morgan fingerprint density at radius 1 is 0.929 bits per heavy atom. The zero-order chi connectivity index (χ0) is 12.2. The largest absolute Gasteiger partial charge is 0.545 e. The lowest BCUT2D eigenvalue weighted by Gasteiger charge is -2.09. The molecule has 84 valence electrons. The Bertz CT molecular complexity index is 191. The second-order valence-corrected chi connectivity index (χ2v) is 6.15. The maximum Gasteiger partial charge on any atom is 0.356 e. The first-order valence-electron chi connectivity index (χ1n) is 2.47. The lowest BCUT2D eigenvalue weighted by Crippen LogP contribution is -2.35. The van der Waals surface area contributed by atoms with E-state index >= 15 is 0 Å². The summed E-state index contributed by atoms with van der Waals surface area (Å²) in [6, 6.07) is 0. The number of carbonyl (C=O) groups excluding carboxylic acids is 1. The van der Waals surface area contributed by atoms with Crippen molar-refractivity contribution < 1.29 is 19.8 Å². The second kappa shape index (κ2) is 6.30. The normalized spacial score (nSPS) is 11.3. The van der Waals surface area contributed by atoms with Crippen molar-refractivity contribution in [2.24, 2.45) is 0 Å². The van der Waals surface area contributed by atoms with E-state index in [1.807, 2.05) is 0 Å². The van der Waals surface area contributed by atoms with E-state index in [1.165, 1.54) is 0 Å². The molecule has 0 atom stereocenters. The van der Waals surface area contributed by atoms with E-state index in [2.05, 4.69) is 0 Å². The fourth-order valence-electron chi connectivity index (χ4n) is 0. The van der Waals surface area contributed by atoms with E-state index < -0.39 is 19.5 Å². The third-order valence-electron chi connectivity index (χ3n) is 0.474. The van der Waals surface area contributed by atoms with Crippen molar-refractivity contribution in [2.75, 3.05) is 0 Å². The third-order valence-corrected chi connectivity index (χ3v) is 1.42. The van der Waals surface area contributed by atoms with Crippen molar-refractivity contribution in [1.82, 2.24) is 0 Å². The van der Waals surface area contributed by atoms with Gasteiger partial charge in [-0.25, -0.2) is 4.79 Å². The van der Waals surface area contributed by atoms with Crippen molar-refractivity contribution in [2.45, 2.75) is 7.59 Å². The van der Waals surface area contributed by atoms with Crippen LogP contribution in [0.5, 0.6) is 0 Å². The Kier molecular flexibility index (Phi) is 7.69. The van der Waals surface area contributed by atoms with Gasteiger partial charge in [-0.2, -0.15) is 0 Å². The maximum absolute atomic E-state index is 9.62. The molecule has 0 heterocycles. The molecule has 0 aromatic carbocycles.